The Hall–Kier alpha value is -1.61. The average molecular weight is 328 g/mol. The number of benzene rings is 1. The minimum atomic E-state index is 0. The first-order chi connectivity index (χ1) is 9.40. The summed E-state index contributed by atoms with van der Waals surface area (Å²) in [6.07, 6.45) is 9.27. The molecule has 3 aromatic rings. The fourth-order valence-electron chi connectivity index (χ4n) is 2.97. The van der Waals surface area contributed by atoms with E-state index in [0.29, 0.717) is 0 Å². The molecule has 4 rings (SSSR count). The topological polar surface area (TPSA) is 17.3 Å². The predicted octanol–water partition coefficient (Wildman–Crippen LogP) is 0.884. The standard InChI is InChI=1S/C17H16N2.BrH/c1-2-6-14-11-15(9-8-13(14)5-1)16-12-19-10-4-3-7-17(19)18-16;/h3-4,7-12H,1-2,5-6H2;1H/p-1. The van der Waals surface area contributed by atoms with Crippen molar-refractivity contribution >= 4 is 5.65 Å². The fraction of sp³-hybridized carbons (Fsp3) is 0.235. The molecule has 0 radical (unpaired) electrons. The first-order valence-corrected chi connectivity index (χ1v) is 6.96. The summed E-state index contributed by atoms with van der Waals surface area (Å²) in [4.78, 5) is 4.69. The van der Waals surface area contributed by atoms with Gasteiger partial charge in [-0.15, -0.1) is 0 Å². The zero-order valence-electron chi connectivity index (χ0n) is 11.2. The normalized spacial score (nSPS) is 13.8. The van der Waals surface area contributed by atoms with Crippen molar-refractivity contribution in [2.75, 3.05) is 0 Å². The molecule has 0 spiro atoms. The lowest BCUT2D eigenvalue weighted by atomic mass is 9.90. The van der Waals surface area contributed by atoms with Crippen molar-refractivity contribution in [1.29, 1.82) is 0 Å². The maximum atomic E-state index is 4.69. The third-order valence-electron chi connectivity index (χ3n) is 4.01. The molecule has 0 saturated carbocycles. The molecule has 1 aromatic carbocycles. The third kappa shape index (κ3) is 2.27. The molecular weight excluding hydrogens is 312 g/mol. The van der Waals surface area contributed by atoms with E-state index in [9.17, 15) is 0 Å². The van der Waals surface area contributed by atoms with Gasteiger partial charge in [-0.2, -0.15) is 0 Å². The van der Waals surface area contributed by atoms with Crippen molar-refractivity contribution in [2.45, 2.75) is 25.7 Å². The Morgan fingerprint density at radius 1 is 0.950 bits per heavy atom. The molecular formula is C17H16BrN2-. The van der Waals surface area contributed by atoms with Gasteiger partial charge in [0.1, 0.15) is 5.65 Å². The second kappa shape index (κ2) is 5.41. The summed E-state index contributed by atoms with van der Waals surface area (Å²) in [5.74, 6) is 0. The van der Waals surface area contributed by atoms with Crippen LogP contribution in [0.4, 0.5) is 0 Å². The number of imidazole rings is 1. The second-order valence-electron chi connectivity index (χ2n) is 5.28. The third-order valence-corrected chi connectivity index (χ3v) is 4.01. The van der Waals surface area contributed by atoms with Crippen LogP contribution in [0.25, 0.3) is 16.9 Å². The van der Waals surface area contributed by atoms with E-state index in [1.807, 2.05) is 24.4 Å². The average Bonchev–Trinajstić information content (AvgIpc) is 2.90. The fourth-order valence-corrected chi connectivity index (χ4v) is 2.97. The van der Waals surface area contributed by atoms with E-state index in [4.69, 9.17) is 4.98 Å². The van der Waals surface area contributed by atoms with Crippen LogP contribution in [0.3, 0.4) is 0 Å². The molecule has 2 heterocycles. The first kappa shape index (κ1) is 13.4. The van der Waals surface area contributed by atoms with Gasteiger partial charge in [-0.25, -0.2) is 4.98 Å². The number of aromatic nitrogens is 2. The Morgan fingerprint density at radius 3 is 2.65 bits per heavy atom. The number of rotatable bonds is 1. The molecule has 0 aliphatic heterocycles. The van der Waals surface area contributed by atoms with E-state index >= 15 is 0 Å². The Morgan fingerprint density at radius 2 is 1.80 bits per heavy atom. The molecule has 0 bridgehead atoms. The summed E-state index contributed by atoms with van der Waals surface area (Å²) in [6.45, 7) is 0. The molecule has 0 saturated heterocycles. The molecule has 0 fully saturated rings. The van der Waals surface area contributed by atoms with E-state index in [-0.39, 0.29) is 17.0 Å². The Labute approximate surface area is 129 Å². The van der Waals surface area contributed by atoms with E-state index in [1.165, 1.54) is 42.4 Å². The Bertz CT molecular complexity index is 713. The van der Waals surface area contributed by atoms with Gasteiger partial charge in [0.15, 0.2) is 0 Å². The minimum absolute atomic E-state index is 0. The SMILES string of the molecule is [Br-].c1ccn2cc(-c3ccc4c(c3)CCCC4)nc2c1. The molecule has 0 unspecified atom stereocenters. The monoisotopic (exact) mass is 327 g/mol. The Kier molecular flexibility index (Phi) is 3.62. The van der Waals surface area contributed by atoms with Gasteiger partial charge in [-0.05, 0) is 55.0 Å². The van der Waals surface area contributed by atoms with Crippen LogP contribution in [-0.4, -0.2) is 9.38 Å². The van der Waals surface area contributed by atoms with Crippen LogP contribution in [0.2, 0.25) is 0 Å². The zero-order valence-corrected chi connectivity index (χ0v) is 12.8. The highest BCUT2D eigenvalue weighted by molar-refractivity contribution is 5.64. The summed E-state index contributed by atoms with van der Waals surface area (Å²) in [5, 5.41) is 0. The van der Waals surface area contributed by atoms with Crippen molar-refractivity contribution in [3.63, 3.8) is 0 Å². The lowest BCUT2D eigenvalue weighted by Crippen LogP contribution is -3.00. The second-order valence-corrected chi connectivity index (χ2v) is 5.28. The maximum absolute atomic E-state index is 4.69. The van der Waals surface area contributed by atoms with Crippen molar-refractivity contribution in [2.24, 2.45) is 0 Å². The smallest absolute Gasteiger partial charge is 0.137 e. The maximum Gasteiger partial charge on any atom is 0.137 e. The number of hydrogen-bond donors (Lipinski definition) is 0. The van der Waals surface area contributed by atoms with Gasteiger partial charge in [0.05, 0.1) is 5.69 Å². The van der Waals surface area contributed by atoms with Crippen molar-refractivity contribution < 1.29 is 17.0 Å². The van der Waals surface area contributed by atoms with E-state index in [0.717, 1.165) is 11.3 Å². The highest BCUT2D eigenvalue weighted by Gasteiger charge is 2.11. The van der Waals surface area contributed by atoms with Gasteiger partial charge in [0.25, 0.3) is 0 Å². The van der Waals surface area contributed by atoms with Crippen LogP contribution in [-0.2, 0) is 12.8 Å². The van der Waals surface area contributed by atoms with Gasteiger partial charge in [-0.1, -0.05) is 18.2 Å². The van der Waals surface area contributed by atoms with Crippen LogP contribution < -0.4 is 17.0 Å². The van der Waals surface area contributed by atoms with Gasteiger partial charge in [0, 0.05) is 18.0 Å². The number of aryl methyl sites for hydroxylation is 2. The molecule has 1 aliphatic carbocycles. The van der Waals surface area contributed by atoms with Crippen LogP contribution in [0.1, 0.15) is 24.0 Å². The number of halogens is 1. The number of nitrogens with zero attached hydrogens (tertiary/aromatic N) is 2. The molecule has 0 amide bonds. The summed E-state index contributed by atoms with van der Waals surface area (Å²) in [5.41, 5.74) is 6.36. The summed E-state index contributed by atoms with van der Waals surface area (Å²) in [7, 11) is 0. The van der Waals surface area contributed by atoms with Gasteiger partial charge >= 0.3 is 0 Å². The van der Waals surface area contributed by atoms with Crippen LogP contribution in [0.15, 0.2) is 48.8 Å². The van der Waals surface area contributed by atoms with E-state index in [1.54, 1.807) is 0 Å². The van der Waals surface area contributed by atoms with Crippen molar-refractivity contribution in [3.8, 4) is 11.3 Å². The molecule has 0 atom stereocenters. The quantitative estimate of drug-likeness (QED) is 0.648. The number of hydrogen-bond acceptors (Lipinski definition) is 1. The van der Waals surface area contributed by atoms with Gasteiger partial charge in [0.2, 0.25) is 0 Å². The zero-order chi connectivity index (χ0) is 12.7. The number of fused-ring (bicyclic) bond motifs is 2. The molecule has 2 nitrogen and oxygen atoms in total. The lowest BCUT2D eigenvalue weighted by molar-refractivity contribution is -0.00000385. The van der Waals surface area contributed by atoms with Crippen molar-refractivity contribution in [1.82, 2.24) is 9.38 Å². The van der Waals surface area contributed by atoms with Crippen LogP contribution in [0.5, 0.6) is 0 Å². The lowest BCUT2D eigenvalue weighted by Gasteiger charge is -2.15. The first-order valence-electron chi connectivity index (χ1n) is 6.96. The van der Waals surface area contributed by atoms with E-state index < -0.39 is 0 Å². The summed E-state index contributed by atoms with van der Waals surface area (Å²) >= 11 is 0. The van der Waals surface area contributed by atoms with Gasteiger partial charge < -0.3 is 21.4 Å². The number of pyridine rings is 1. The molecule has 0 N–H and O–H groups in total. The molecule has 1 aliphatic rings. The highest BCUT2D eigenvalue weighted by atomic mass is 79.9. The molecule has 2 aromatic heterocycles. The summed E-state index contributed by atoms with van der Waals surface area (Å²) in [6, 6.07) is 12.9. The van der Waals surface area contributed by atoms with Crippen molar-refractivity contribution in [3.05, 3.63) is 59.9 Å². The molecule has 102 valence electrons. The van der Waals surface area contributed by atoms with Crippen LogP contribution >= 0.6 is 0 Å². The minimum Gasteiger partial charge on any atom is -1.00 e. The Balaban J connectivity index is 0.00000121. The molecule has 3 heteroatoms. The summed E-state index contributed by atoms with van der Waals surface area (Å²) < 4.78 is 2.08. The highest BCUT2D eigenvalue weighted by Crippen LogP contribution is 2.27. The largest absolute Gasteiger partial charge is 1.00 e. The van der Waals surface area contributed by atoms with E-state index in [2.05, 4.69) is 28.8 Å². The van der Waals surface area contributed by atoms with Crippen LogP contribution in [0, 0.1) is 0 Å². The predicted molar refractivity (Wildman–Crippen MR) is 77.3 cm³/mol. The van der Waals surface area contributed by atoms with Gasteiger partial charge in [-0.3, -0.25) is 0 Å². The molecule has 20 heavy (non-hydrogen) atoms.